The highest BCUT2D eigenvalue weighted by Crippen LogP contribution is 2.36. The molecule has 0 spiro atoms. The number of nitrogens with zero attached hydrogens (tertiary/aromatic N) is 2. The van der Waals surface area contributed by atoms with Gasteiger partial charge in [0.15, 0.2) is 0 Å². The Kier molecular flexibility index (Phi) is 2.61. The minimum atomic E-state index is -0.898. The predicted octanol–water partition coefficient (Wildman–Crippen LogP) is 1.51. The van der Waals surface area contributed by atoms with Gasteiger partial charge in [0, 0.05) is 18.8 Å². The maximum Gasteiger partial charge on any atom is 0.326 e. The maximum absolute atomic E-state index is 12.4. The second kappa shape index (κ2) is 4.15. The molecule has 1 saturated carbocycles. The standard InChI is InChI=1S/C13H16N2O3/c16-12(15-8-2-4-11(15)13(17)18)10-3-1-7-14(10)9-5-6-9/h1,3,7,9,11H,2,4-6,8H2,(H,17,18). The molecule has 18 heavy (non-hydrogen) atoms. The number of carboxylic acids is 1. The number of hydrogen-bond acceptors (Lipinski definition) is 2. The van der Waals surface area contributed by atoms with Crippen LogP contribution in [-0.2, 0) is 4.79 Å². The molecule has 1 aromatic heterocycles. The summed E-state index contributed by atoms with van der Waals surface area (Å²) in [6, 6.07) is 3.43. The van der Waals surface area contributed by atoms with Gasteiger partial charge in [0.05, 0.1) is 0 Å². The van der Waals surface area contributed by atoms with Crippen molar-refractivity contribution in [3.63, 3.8) is 0 Å². The van der Waals surface area contributed by atoms with Crippen LogP contribution in [0.2, 0.25) is 0 Å². The summed E-state index contributed by atoms with van der Waals surface area (Å²) in [5.41, 5.74) is 0.630. The Hall–Kier alpha value is -1.78. The highest BCUT2D eigenvalue weighted by Gasteiger charge is 2.36. The van der Waals surface area contributed by atoms with Gasteiger partial charge >= 0.3 is 5.97 Å². The van der Waals surface area contributed by atoms with Gasteiger partial charge in [0.25, 0.3) is 5.91 Å². The van der Waals surface area contributed by atoms with Crippen molar-refractivity contribution in [3.8, 4) is 0 Å². The summed E-state index contributed by atoms with van der Waals surface area (Å²) >= 11 is 0. The van der Waals surface area contributed by atoms with E-state index in [9.17, 15) is 9.59 Å². The Balaban J connectivity index is 1.85. The molecule has 1 aliphatic heterocycles. The summed E-state index contributed by atoms with van der Waals surface area (Å²) in [7, 11) is 0. The summed E-state index contributed by atoms with van der Waals surface area (Å²) in [5.74, 6) is -1.04. The fourth-order valence-electron chi connectivity index (χ4n) is 2.66. The van der Waals surface area contributed by atoms with Crippen molar-refractivity contribution < 1.29 is 14.7 Å². The maximum atomic E-state index is 12.4. The van der Waals surface area contributed by atoms with E-state index >= 15 is 0 Å². The summed E-state index contributed by atoms with van der Waals surface area (Å²) in [6.45, 7) is 0.547. The first-order valence-corrected chi connectivity index (χ1v) is 6.39. The summed E-state index contributed by atoms with van der Waals surface area (Å²) < 4.78 is 1.99. The molecule has 5 nitrogen and oxygen atoms in total. The smallest absolute Gasteiger partial charge is 0.326 e. The van der Waals surface area contributed by atoms with Gasteiger partial charge in [-0.3, -0.25) is 4.79 Å². The van der Waals surface area contributed by atoms with Crippen LogP contribution >= 0.6 is 0 Å². The predicted molar refractivity (Wildman–Crippen MR) is 64.4 cm³/mol. The lowest BCUT2D eigenvalue weighted by atomic mass is 10.2. The Morgan fingerprint density at radius 3 is 2.72 bits per heavy atom. The van der Waals surface area contributed by atoms with Gasteiger partial charge in [0.1, 0.15) is 11.7 Å². The van der Waals surface area contributed by atoms with Crippen LogP contribution in [0.3, 0.4) is 0 Å². The Bertz CT molecular complexity index is 490. The zero-order valence-electron chi connectivity index (χ0n) is 10.1. The zero-order chi connectivity index (χ0) is 12.7. The van der Waals surface area contributed by atoms with Gasteiger partial charge in [-0.15, -0.1) is 0 Å². The molecular formula is C13H16N2O3. The second-order valence-electron chi connectivity index (χ2n) is 5.03. The number of likely N-dealkylation sites (tertiary alicyclic amines) is 1. The minimum Gasteiger partial charge on any atom is -0.480 e. The summed E-state index contributed by atoms with van der Waals surface area (Å²) in [4.78, 5) is 25.0. The highest BCUT2D eigenvalue weighted by atomic mass is 16.4. The van der Waals surface area contributed by atoms with Crippen molar-refractivity contribution in [3.05, 3.63) is 24.0 Å². The SMILES string of the molecule is O=C(O)C1CCCN1C(=O)c1cccn1C1CC1. The van der Waals surface area contributed by atoms with E-state index in [4.69, 9.17) is 5.11 Å². The first kappa shape index (κ1) is 11.3. The molecule has 96 valence electrons. The molecule has 2 fully saturated rings. The van der Waals surface area contributed by atoms with Crippen LogP contribution in [0.4, 0.5) is 0 Å². The first-order valence-electron chi connectivity index (χ1n) is 6.39. The van der Waals surface area contributed by atoms with Crippen molar-refractivity contribution in [2.45, 2.75) is 37.8 Å². The third kappa shape index (κ3) is 1.79. The van der Waals surface area contributed by atoms with E-state index in [1.165, 1.54) is 4.90 Å². The number of aliphatic carboxylic acids is 1. The van der Waals surface area contributed by atoms with Crippen LogP contribution in [0.15, 0.2) is 18.3 Å². The van der Waals surface area contributed by atoms with E-state index in [0.29, 0.717) is 24.7 Å². The van der Waals surface area contributed by atoms with Crippen LogP contribution < -0.4 is 0 Å². The van der Waals surface area contributed by atoms with Crippen LogP contribution in [0.5, 0.6) is 0 Å². The lowest BCUT2D eigenvalue weighted by Crippen LogP contribution is -2.41. The first-order chi connectivity index (χ1) is 8.68. The van der Waals surface area contributed by atoms with Gasteiger partial charge in [-0.05, 0) is 37.8 Å². The third-order valence-electron chi connectivity index (χ3n) is 3.74. The van der Waals surface area contributed by atoms with E-state index in [1.54, 1.807) is 6.07 Å². The van der Waals surface area contributed by atoms with Crippen LogP contribution in [0.25, 0.3) is 0 Å². The van der Waals surface area contributed by atoms with Crippen molar-refractivity contribution >= 4 is 11.9 Å². The molecule has 2 heterocycles. The monoisotopic (exact) mass is 248 g/mol. The number of carbonyl (C=O) groups is 2. The second-order valence-corrected chi connectivity index (χ2v) is 5.03. The summed E-state index contributed by atoms with van der Waals surface area (Å²) in [6.07, 6.45) is 5.46. The number of hydrogen-bond donors (Lipinski definition) is 1. The average Bonchev–Trinajstić information content (AvgIpc) is 2.92. The minimum absolute atomic E-state index is 0.142. The molecule has 1 unspecified atom stereocenters. The molecule has 1 aromatic rings. The molecule has 0 radical (unpaired) electrons. The average molecular weight is 248 g/mol. The molecule has 1 N–H and O–H groups in total. The van der Waals surface area contributed by atoms with E-state index < -0.39 is 12.0 Å². The molecule has 1 aliphatic carbocycles. The largest absolute Gasteiger partial charge is 0.480 e. The molecule has 0 aromatic carbocycles. The van der Waals surface area contributed by atoms with E-state index in [0.717, 1.165) is 19.3 Å². The summed E-state index contributed by atoms with van der Waals surface area (Å²) in [5, 5.41) is 9.12. The van der Waals surface area contributed by atoms with Crippen molar-refractivity contribution in [1.29, 1.82) is 0 Å². The third-order valence-corrected chi connectivity index (χ3v) is 3.74. The Morgan fingerprint density at radius 2 is 2.06 bits per heavy atom. The van der Waals surface area contributed by atoms with E-state index in [-0.39, 0.29) is 5.91 Å². The molecular weight excluding hydrogens is 232 g/mol. The molecule has 1 amide bonds. The Morgan fingerprint density at radius 1 is 1.28 bits per heavy atom. The van der Waals surface area contributed by atoms with Crippen molar-refractivity contribution in [2.75, 3.05) is 6.54 Å². The quantitative estimate of drug-likeness (QED) is 0.882. The molecule has 0 bridgehead atoms. The van der Waals surface area contributed by atoms with Crippen LogP contribution in [0, 0.1) is 0 Å². The molecule has 5 heteroatoms. The number of carbonyl (C=O) groups excluding carboxylic acids is 1. The molecule has 2 aliphatic rings. The van der Waals surface area contributed by atoms with E-state index in [2.05, 4.69) is 0 Å². The lowest BCUT2D eigenvalue weighted by Gasteiger charge is -2.22. The lowest BCUT2D eigenvalue weighted by molar-refractivity contribution is -0.141. The Labute approximate surface area is 105 Å². The fraction of sp³-hybridized carbons (Fsp3) is 0.538. The van der Waals surface area contributed by atoms with Gasteiger partial charge < -0.3 is 14.6 Å². The number of rotatable bonds is 3. The van der Waals surface area contributed by atoms with Crippen LogP contribution in [0.1, 0.15) is 42.2 Å². The van der Waals surface area contributed by atoms with Crippen LogP contribution in [-0.4, -0.2) is 39.0 Å². The molecule has 1 saturated heterocycles. The highest BCUT2D eigenvalue weighted by molar-refractivity contribution is 5.95. The fourth-order valence-corrected chi connectivity index (χ4v) is 2.66. The van der Waals surface area contributed by atoms with Gasteiger partial charge in [0.2, 0.25) is 0 Å². The number of amides is 1. The van der Waals surface area contributed by atoms with Crippen molar-refractivity contribution in [2.24, 2.45) is 0 Å². The van der Waals surface area contributed by atoms with Gasteiger partial charge in [-0.25, -0.2) is 4.79 Å². The van der Waals surface area contributed by atoms with Gasteiger partial charge in [-0.1, -0.05) is 0 Å². The van der Waals surface area contributed by atoms with Crippen molar-refractivity contribution in [1.82, 2.24) is 9.47 Å². The molecule has 1 atom stereocenters. The van der Waals surface area contributed by atoms with Gasteiger partial charge in [-0.2, -0.15) is 0 Å². The molecule has 3 rings (SSSR count). The normalized spacial score (nSPS) is 23.3. The number of aromatic nitrogens is 1. The zero-order valence-corrected chi connectivity index (χ0v) is 10.1. The topological polar surface area (TPSA) is 62.5 Å². The number of carboxylic acid groups (broad SMARTS) is 1. The van der Waals surface area contributed by atoms with E-state index in [1.807, 2.05) is 16.8 Å².